The Kier molecular flexibility index (Phi) is 4.26. The van der Waals surface area contributed by atoms with Crippen LogP contribution in [0.5, 0.6) is 0 Å². The number of aromatic nitrogens is 1. The van der Waals surface area contributed by atoms with Crippen LogP contribution < -0.4 is 10.5 Å². The topological polar surface area (TPSA) is 88.3 Å². The molecule has 0 spiro atoms. The van der Waals surface area contributed by atoms with Crippen molar-refractivity contribution in [2.75, 3.05) is 23.5 Å². The van der Waals surface area contributed by atoms with Gasteiger partial charge in [0.05, 0.1) is 11.9 Å². The number of hydrogen-bond donors (Lipinski definition) is 2. The number of nitrogens with zero attached hydrogens (tertiary/aromatic N) is 2. The van der Waals surface area contributed by atoms with Crippen molar-refractivity contribution in [3.63, 3.8) is 0 Å². The Balaban J connectivity index is 2.13. The van der Waals surface area contributed by atoms with Gasteiger partial charge in [-0.25, -0.2) is 4.98 Å². The van der Waals surface area contributed by atoms with Crippen LogP contribution in [0.25, 0.3) is 0 Å². The fraction of sp³-hybridized carbons (Fsp3) is 0.583. The third-order valence-corrected chi connectivity index (χ3v) is 4.80. The largest absolute Gasteiger partial charge is 0.397 e. The van der Waals surface area contributed by atoms with E-state index in [1.54, 1.807) is 6.07 Å². The molecule has 1 fully saturated rings. The van der Waals surface area contributed by atoms with Crippen molar-refractivity contribution in [2.45, 2.75) is 32.6 Å². The summed E-state index contributed by atoms with van der Waals surface area (Å²) >= 11 is 0. The van der Waals surface area contributed by atoms with Crippen LogP contribution in [0, 0.1) is 6.92 Å². The van der Waals surface area contributed by atoms with E-state index in [2.05, 4.69) is 9.71 Å². The molecule has 0 bridgehead atoms. The molecule has 1 aliphatic heterocycles. The quantitative estimate of drug-likeness (QED) is 0.880. The first-order valence-corrected chi connectivity index (χ1v) is 7.93. The van der Waals surface area contributed by atoms with E-state index in [-0.39, 0.29) is 0 Å². The summed E-state index contributed by atoms with van der Waals surface area (Å²) in [6, 6.07) is 1.64. The van der Waals surface area contributed by atoms with E-state index in [9.17, 15) is 8.42 Å². The fourth-order valence-corrected chi connectivity index (χ4v) is 3.35. The lowest BCUT2D eigenvalue weighted by Gasteiger charge is -2.20. The molecule has 2 heterocycles. The Morgan fingerprint density at radius 2 is 1.89 bits per heavy atom. The SMILES string of the molecule is Cc1cc(NS(=O)(=O)N2CCCCCC2)ncc1N. The number of pyridine rings is 1. The van der Waals surface area contributed by atoms with Gasteiger partial charge in [-0.15, -0.1) is 0 Å². The maximum Gasteiger partial charge on any atom is 0.302 e. The first-order valence-electron chi connectivity index (χ1n) is 6.49. The van der Waals surface area contributed by atoms with Crippen LogP contribution in [0.2, 0.25) is 0 Å². The van der Waals surface area contributed by atoms with Gasteiger partial charge in [0, 0.05) is 13.1 Å². The highest BCUT2D eigenvalue weighted by atomic mass is 32.2. The van der Waals surface area contributed by atoms with E-state index in [1.165, 1.54) is 10.5 Å². The number of hydrogen-bond acceptors (Lipinski definition) is 4. The highest BCUT2D eigenvalue weighted by Crippen LogP contribution is 2.17. The van der Waals surface area contributed by atoms with Gasteiger partial charge in [-0.1, -0.05) is 12.8 Å². The van der Waals surface area contributed by atoms with Gasteiger partial charge < -0.3 is 5.73 Å². The lowest BCUT2D eigenvalue weighted by molar-refractivity contribution is 0.427. The molecule has 0 atom stereocenters. The van der Waals surface area contributed by atoms with E-state index in [0.29, 0.717) is 24.6 Å². The van der Waals surface area contributed by atoms with Crippen molar-refractivity contribution in [1.82, 2.24) is 9.29 Å². The predicted molar refractivity (Wildman–Crippen MR) is 76.0 cm³/mol. The van der Waals surface area contributed by atoms with Gasteiger partial charge in [0.15, 0.2) is 0 Å². The molecule has 0 saturated carbocycles. The highest BCUT2D eigenvalue weighted by Gasteiger charge is 2.23. The third kappa shape index (κ3) is 3.57. The molecule has 6 nitrogen and oxygen atoms in total. The maximum atomic E-state index is 12.2. The van der Waals surface area contributed by atoms with Crippen LogP contribution in [-0.4, -0.2) is 30.8 Å². The molecule has 3 N–H and O–H groups in total. The normalized spacial score (nSPS) is 17.9. The summed E-state index contributed by atoms with van der Waals surface area (Å²) < 4.78 is 28.5. The highest BCUT2D eigenvalue weighted by molar-refractivity contribution is 7.90. The van der Waals surface area contributed by atoms with Crippen LogP contribution in [0.1, 0.15) is 31.2 Å². The Morgan fingerprint density at radius 3 is 2.47 bits per heavy atom. The number of nitrogens with one attached hydrogen (secondary N) is 1. The number of nitrogens with two attached hydrogens (primary N) is 1. The van der Waals surface area contributed by atoms with E-state index in [0.717, 1.165) is 31.2 Å². The van der Waals surface area contributed by atoms with Gasteiger partial charge in [0.1, 0.15) is 5.82 Å². The average Bonchev–Trinajstić information content (AvgIpc) is 2.63. The summed E-state index contributed by atoms with van der Waals surface area (Å²) in [5.41, 5.74) is 7.03. The smallest absolute Gasteiger partial charge is 0.302 e. The van der Waals surface area contributed by atoms with Gasteiger partial charge in [-0.3, -0.25) is 4.72 Å². The van der Waals surface area contributed by atoms with Gasteiger partial charge in [0.2, 0.25) is 0 Å². The third-order valence-electron chi connectivity index (χ3n) is 3.29. The Bertz CT molecular complexity index is 537. The monoisotopic (exact) mass is 284 g/mol. The molecule has 1 aliphatic rings. The summed E-state index contributed by atoms with van der Waals surface area (Å²) in [5.74, 6) is 0.316. The Morgan fingerprint density at radius 1 is 1.26 bits per heavy atom. The minimum Gasteiger partial charge on any atom is -0.397 e. The van der Waals surface area contributed by atoms with Gasteiger partial charge in [-0.2, -0.15) is 12.7 Å². The van der Waals surface area contributed by atoms with E-state index >= 15 is 0 Å². The number of anilines is 2. The molecular weight excluding hydrogens is 264 g/mol. The molecule has 1 aromatic rings. The molecule has 1 aromatic heterocycles. The molecule has 0 unspecified atom stereocenters. The second kappa shape index (κ2) is 5.75. The Hall–Kier alpha value is -1.34. The van der Waals surface area contributed by atoms with Crippen LogP contribution in [0.15, 0.2) is 12.3 Å². The van der Waals surface area contributed by atoms with E-state index in [4.69, 9.17) is 5.73 Å². The van der Waals surface area contributed by atoms with Gasteiger partial charge >= 0.3 is 10.2 Å². The lowest BCUT2D eigenvalue weighted by atomic mass is 10.2. The second-order valence-corrected chi connectivity index (χ2v) is 6.52. The second-order valence-electron chi connectivity index (χ2n) is 4.85. The van der Waals surface area contributed by atoms with Crippen molar-refractivity contribution >= 4 is 21.7 Å². The molecule has 7 heteroatoms. The summed E-state index contributed by atoms with van der Waals surface area (Å²) in [4.78, 5) is 4.00. The van der Waals surface area contributed by atoms with Gasteiger partial charge in [-0.05, 0) is 31.4 Å². The molecule has 19 heavy (non-hydrogen) atoms. The van der Waals surface area contributed by atoms with Crippen LogP contribution >= 0.6 is 0 Å². The average molecular weight is 284 g/mol. The number of rotatable bonds is 3. The summed E-state index contributed by atoms with van der Waals surface area (Å²) in [5, 5.41) is 0. The van der Waals surface area contributed by atoms with Crippen LogP contribution in [0.3, 0.4) is 0 Å². The van der Waals surface area contributed by atoms with Gasteiger partial charge in [0.25, 0.3) is 0 Å². The number of aryl methyl sites for hydroxylation is 1. The van der Waals surface area contributed by atoms with Crippen molar-refractivity contribution in [3.8, 4) is 0 Å². The van der Waals surface area contributed by atoms with Crippen molar-refractivity contribution < 1.29 is 8.42 Å². The predicted octanol–water partition coefficient (Wildman–Crippen LogP) is 1.50. The van der Waals surface area contributed by atoms with E-state index < -0.39 is 10.2 Å². The summed E-state index contributed by atoms with van der Waals surface area (Å²) in [7, 11) is -3.51. The zero-order chi connectivity index (χ0) is 13.9. The van der Waals surface area contributed by atoms with Crippen LogP contribution in [-0.2, 0) is 10.2 Å². The van der Waals surface area contributed by atoms with Crippen molar-refractivity contribution in [1.29, 1.82) is 0 Å². The first kappa shape index (κ1) is 14.1. The molecule has 2 rings (SSSR count). The molecule has 0 aromatic carbocycles. The standard InChI is InChI=1S/C12H20N4O2S/c1-10-8-12(14-9-11(10)13)15-19(17,18)16-6-4-2-3-5-7-16/h8-9H,2-7,13H2,1H3,(H,14,15). The Labute approximate surface area is 114 Å². The van der Waals surface area contributed by atoms with Crippen molar-refractivity contribution in [2.24, 2.45) is 0 Å². The summed E-state index contributed by atoms with van der Waals surface area (Å²) in [6.45, 7) is 2.97. The van der Waals surface area contributed by atoms with Crippen LogP contribution in [0.4, 0.5) is 11.5 Å². The molecule has 0 amide bonds. The molecule has 0 radical (unpaired) electrons. The van der Waals surface area contributed by atoms with E-state index in [1.807, 2.05) is 6.92 Å². The molecule has 0 aliphatic carbocycles. The molecular formula is C12H20N4O2S. The zero-order valence-electron chi connectivity index (χ0n) is 11.1. The summed E-state index contributed by atoms with van der Waals surface area (Å²) in [6.07, 6.45) is 5.47. The zero-order valence-corrected chi connectivity index (χ0v) is 11.9. The fourth-order valence-electron chi connectivity index (χ4n) is 2.10. The first-order chi connectivity index (χ1) is 8.99. The maximum absolute atomic E-state index is 12.2. The lowest BCUT2D eigenvalue weighted by Crippen LogP contribution is -2.36. The number of nitrogen functional groups attached to an aromatic ring is 1. The molecule has 106 valence electrons. The minimum atomic E-state index is -3.51. The minimum absolute atomic E-state index is 0.316. The van der Waals surface area contributed by atoms with Crippen molar-refractivity contribution in [3.05, 3.63) is 17.8 Å². The molecule has 1 saturated heterocycles.